The van der Waals surface area contributed by atoms with Crippen molar-refractivity contribution in [2.75, 3.05) is 0 Å². The van der Waals surface area contributed by atoms with Gasteiger partial charge in [0.15, 0.2) is 4.91 Å². The number of fused-ring (bicyclic) bond motifs is 2. The maximum Gasteiger partial charge on any atom is 0.299 e. The molecule has 0 heterocycles. The first-order valence-corrected chi connectivity index (χ1v) is 7.13. The SMILES string of the molecule is O=C1C=c2cc3ccccc3cc2=C(S(=O)(=O)O)C1=O. The van der Waals surface area contributed by atoms with Gasteiger partial charge in [-0.1, -0.05) is 24.3 Å². The molecule has 0 radical (unpaired) electrons. The van der Waals surface area contributed by atoms with E-state index in [1.807, 2.05) is 0 Å². The maximum atomic E-state index is 11.7. The van der Waals surface area contributed by atoms with Gasteiger partial charge in [-0.05, 0) is 34.2 Å². The molecular formula is C14H8O5S. The molecule has 2 aromatic carbocycles. The van der Waals surface area contributed by atoms with Gasteiger partial charge in [0, 0.05) is 5.22 Å². The quantitative estimate of drug-likeness (QED) is 0.578. The molecule has 1 aliphatic rings. The molecule has 0 spiro atoms. The van der Waals surface area contributed by atoms with Gasteiger partial charge in [0.2, 0.25) is 11.6 Å². The highest BCUT2D eigenvalue weighted by Gasteiger charge is 2.30. The first-order valence-electron chi connectivity index (χ1n) is 5.69. The van der Waals surface area contributed by atoms with Gasteiger partial charge in [0.05, 0.1) is 0 Å². The summed E-state index contributed by atoms with van der Waals surface area (Å²) in [5, 5.41) is 1.87. The third-order valence-electron chi connectivity index (χ3n) is 3.14. The molecule has 20 heavy (non-hydrogen) atoms. The van der Waals surface area contributed by atoms with Crippen LogP contribution in [0.3, 0.4) is 0 Å². The molecule has 6 heteroatoms. The van der Waals surface area contributed by atoms with Gasteiger partial charge in [-0.3, -0.25) is 14.1 Å². The van der Waals surface area contributed by atoms with Crippen LogP contribution in [-0.2, 0) is 19.7 Å². The standard InChI is InChI=1S/C14H8O5S/c15-12-7-10-5-8-3-1-2-4-9(8)6-11(10)14(13(12)16)20(17,18)19/h1-7H,(H,17,18,19). The van der Waals surface area contributed by atoms with Crippen molar-refractivity contribution < 1.29 is 22.6 Å². The molecule has 0 atom stereocenters. The largest absolute Gasteiger partial charge is 0.299 e. The van der Waals surface area contributed by atoms with Crippen molar-refractivity contribution in [3.63, 3.8) is 0 Å². The number of Topliss-reactive ketones (excluding diaryl/α,β-unsaturated/α-hetero) is 2. The number of hydrogen-bond acceptors (Lipinski definition) is 4. The van der Waals surface area contributed by atoms with E-state index >= 15 is 0 Å². The number of benzene rings is 2. The van der Waals surface area contributed by atoms with Crippen LogP contribution in [0.2, 0.25) is 0 Å². The smallest absolute Gasteiger partial charge is 0.286 e. The van der Waals surface area contributed by atoms with Gasteiger partial charge in [-0.2, -0.15) is 8.42 Å². The van der Waals surface area contributed by atoms with Crippen molar-refractivity contribution in [1.82, 2.24) is 0 Å². The van der Waals surface area contributed by atoms with E-state index in [-0.39, 0.29) is 5.22 Å². The first kappa shape index (κ1) is 12.7. The van der Waals surface area contributed by atoms with E-state index in [4.69, 9.17) is 0 Å². The molecule has 0 amide bonds. The second-order valence-electron chi connectivity index (χ2n) is 4.43. The van der Waals surface area contributed by atoms with Crippen molar-refractivity contribution >= 4 is 43.4 Å². The van der Waals surface area contributed by atoms with E-state index in [1.165, 1.54) is 6.07 Å². The van der Waals surface area contributed by atoms with Crippen LogP contribution < -0.4 is 10.4 Å². The zero-order chi connectivity index (χ0) is 14.5. The van der Waals surface area contributed by atoms with Gasteiger partial charge >= 0.3 is 0 Å². The van der Waals surface area contributed by atoms with Gasteiger partial charge < -0.3 is 0 Å². The summed E-state index contributed by atoms with van der Waals surface area (Å²) in [6.45, 7) is 0. The molecular weight excluding hydrogens is 280 g/mol. The van der Waals surface area contributed by atoms with Gasteiger partial charge in [-0.25, -0.2) is 0 Å². The predicted molar refractivity (Wildman–Crippen MR) is 72.6 cm³/mol. The zero-order valence-corrected chi connectivity index (χ0v) is 10.8. The number of carbonyl (C=O) groups excluding carboxylic acids is 2. The molecule has 0 saturated heterocycles. The van der Waals surface area contributed by atoms with E-state index < -0.39 is 26.6 Å². The molecule has 0 unspecified atom stereocenters. The van der Waals surface area contributed by atoms with E-state index in [2.05, 4.69) is 0 Å². The summed E-state index contributed by atoms with van der Waals surface area (Å²) in [5.74, 6) is -2.17. The van der Waals surface area contributed by atoms with Crippen LogP contribution in [-0.4, -0.2) is 24.5 Å². The Bertz CT molecular complexity index is 1000. The lowest BCUT2D eigenvalue weighted by Crippen LogP contribution is -2.39. The fourth-order valence-corrected chi connectivity index (χ4v) is 3.06. The molecule has 0 bridgehead atoms. The van der Waals surface area contributed by atoms with Crippen molar-refractivity contribution in [3.05, 3.63) is 46.8 Å². The minimum atomic E-state index is -4.76. The van der Waals surface area contributed by atoms with Crippen LogP contribution in [0.25, 0.3) is 21.8 Å². The molecule has 3 rings (SSSR count). The Labute approximate surface area is 113 Å². The molecule has 0 aromatic heterocycles. The second kappa shape index (κ2) is 4.09. The second-order valence-corrected chi connectivity index (χ2v) is 5.79. The highest BCUT2D eigenvalue weighted by Crippen LogP contribution is 2.13. The van der Waals surface area contributed by atoms with Crippen LogP contribution in [0.4, 0.5) is 0 Å². The Morgan fingerprint density at radius 1 is 0.950 bits per heavy atom. The van der Waals surface area contributed by atoms with E-state index in [9.17, 15) is 22.6 Å². The number of rotatable bonds is 1. The van der Waals surface area contributed by atoms with Crippen LogP contribution in [0.15, 0.2) is 36.4 Å². The summed E-state index contributed by atoms with van der Waals surface area (Å²) in [5.41, 5.74) is 0. The predicted octanol–water partition coefficient (Wildman–Crippen LogP) is -0.232. The lowest BCUT2D eigenvalue weighted by Gasteiger charge is -2.07. The molecule has 5 nitrogen and oxygen atoms in total. The minimum Gasteiger partial charge on any atom is -0.286 e. The monoisotopic (exact) mass is 288 g/mol. The zero-order valence-electron chi connectivity index (χ0n) is 10.0. The third kappa shape index (κ3) is 1.86. The topological polar surface area (TPSA) is 88.5 Å². The van der Waals surface area contributed by atoms with E-state index in [1.54, 1.807) is 30.3 Å². The highest BCUT2D eigenvalue weighted by atomic mass is 32.2. The number of ketones is 2. The normalized spacial score (nSPS) is 15.2. The minimum absolute atomic E-state index is 0.0517. The molecule has 2 aromatic rings. The maximum absolute atomic E-state index is 11.7. The van der Waals surface area contributed by atoms with E-state index in [0.29, 0.717) is 10.6 Å². The summed E-state index contributed by atoms with van der Waals surface area (Å²) in [7, 11) is -4.76. The Morgan fingerprint density at radius 2 is 1.55 bits per heavy atom. The van der Waals surface area contributed by atoms with Gasteiger partial charge in [0.1, 0.15) is 0 Å². The van der Waals surface area contributed by atoms with Crippen LogP contribution in [0.5, 0.6) is 0 Å². The summed E-state index contributed by atoms with van der Waals surface area (Å²) < 4.78 is 31.9. The molecule has 1 aliphatic carbocycles. The van der Waals surface area contributed by atoms with Crippen molar-refractivity contribution in [3.8, 4) is 0 Å². The van der Waals surface area contributed by atoms with Crippen molar-refractivity contribution in [2.45, 2.75) is 0 Å². The third-order valence-corrected chi connectivity index (χ3v) is 4.06. The number of hydrogen-bond donors (Lipinski definition) is 1. The summed E-state index contributed by atoms with van der Waals surface area (Å²) in [4.78, 5) is 22.4. The van der Waals surface area contributed by atoms with Gasteiger partial charge in [0.25, 0.3) is 10.1 Å². The number of carbonyl (C=O) groups is 2. The Kier molecular flexibility index (Phi) is 2.60. The fourth-order valence-electron chi connectivity index (χ4n) is 2.27. The first-order chi connectivity index (χ1) is 9.38. The highest BCUT2D eigenvalue weighted by molar-refractivity contribution is 7.96. The van der Waals surface area contributed by atoms with E-state index in [0.717, 1.165) is 11.5 Å². The molecule has 0 fully saturated rings. The molecule has 0 saturated carbocycles. The molecule has 100 valence electrons. The lowest BCUT2D eigenvalue weighted by atomic mass is 10.0. The Hall–Kier alpha value is -2.31. The van der Waals surface area contributed by atoms with Crippen molar-refractivity contribution in [1.29, 1.82) is 0 Å². The van der Waals surface area contributed by atoms with Crippen molar-refractivity contribution in [2.24, 2.45) is 0 Å². The summed E-state index contributed by atoms with van der Waals surface area (Å²) in [6.07, 6.45) is 1.08. The van der Waals surface area contributed by atoms with Gasteiger partial charge in [-0.15, -0.1) is 0 Å². The molecule has 0 aliphatic heterocycles. The van der Waals surface area contributed by atoms with Crippen LogP contribution in [0.1, 0.15) is 0 Å². The summed E-state index contributed by atoms with van der Waals surface area (Å²) >= 11 is 0. The molecule has 1 N–H and O–H groups in total. The fraction of sp³-hybridized carbons (Fsp3) is 0. The summed E-state index contributed by atoms with van der Waals surface area (Å²) in [6, 6.07) is 10.2. The Balaban J connectivity index is 2.63. The average molecular weight is 288 g/mol. The Morgan fingerprint density at radius 3 is 2.15 bits per heavy atom. The average Bonchev–Trinajstić information content (AvgIpc) is 2.36. The lowest BCUT2D eigenvalue weighted by molar-refractivity contribution is -0.129. The van der Waals surface area contributed by atoms with Crippen LogP contribution in [0, 0.1) is 0 Å². The van der Waals surface area contributed by atoms with Crippen LogP contribution >= 0.6 is 0 Å².